The fraction of sp³-hybridized carbons (Fsp3) is 0.562. The van der Waals surface area contributed by atoms with Gasteiger partial charge in [0.05, 0.1) is 17.9 Å². The second-order valence-corrected chi connectivity index (χ2v) is 5.96. The molecule has 0 radical (unpaired) electrons. The number of rotatable bonds is 7. The molecule has 0 aliphatic rings. The Hall–Kier alpha value is -1.75. The van der Waals surface area contributed by atoms with E-state index in [2.05, 4.69) is 5.32 Å². The second-order valence-electron chi connectivity index (χ2n) is 5.96. The molecule has 1 rings (SSSR count). The third kappa shape index (κ3) is 5.63. The van der Waals surface area contributed by atoms with Crippen molar-refractivity contribution in [3.05, 3.63) is 23.8 Å². The summed E-state index contributed by atoms with van der Waals surface area (Å²) >= 11 is 0. The molecule has 1 aromatic rings. The fourth-order valence-corrected chi connectivity index (χ4v) is 2.30. The SMILES string of the molecule is CCOc1ccc(C(=O)NCC(C)(O)CC(C)C)cc1N. The summed E-state index contributed by atoms with van der Waals surface area (Å²) in [6, 6.07) is 4.92. The number of amides is 1. The maximum Gasteiger partial charge on any atom is 0.251 e. The zero-order valence-corrected chi connectivity index (χ0v) is 13.3. The molecule has 0 aromatic heterocycles. The molecule has 4 N–H and O–H groups in total. The van der Waals surface area contributed by atoms with Gasteiger partial charge in [-0.1, -0.05) is 13.8 Å². The van der Waals surface area contributed by atoms with Gasteiger partial charge in [-0.25, -0.2) is 0 Å². The van der Waals surface area contributed by atoms with Gasteiger partial charge in [-0.05, 0) is 44.4 Å². The number of ether oxygens (including phenoxy) is 1. The third-order valence-electron chi connectivity index (χ3n) is 3.05. The molecule has 0 heterocycles. The Morgan fingerprint density at radius 1 is 1.48 bits per heavy atom. The number of carbonyl (C=O) groups excluding carboxylic acids is 1. The van der Waals surface area contributed by atoms with Crippen molar-refractivity contribution in [1.82, 2.24) is 5.32 Å². The molecule has 1 atom stereocenters. The molecule has 5 nitrogen and oxygen atoms in total. The van der Waals surface area contributed by atoms with Crippen molar-refractivity contribution in [3.63, 3.8) is 0 Å². The average Bonchev–Trinajstić information content (AvgIpc) is 2.37. The lowest BCUT2D eigenvalue weighted by molar-refractivity contribution is 0.0368. The zero-order chi connectivity index (χ0) is 16.0. The Bertz CT molecular complexity index is 484. The van der Waals surface area contributed by atoms with E-state index in [0.29, 0.717) is 35.9 Å². The van der Waals surface area contributed by atoms with E-state index >= 15 is 0 Å². The largest absolute Gasteiger partial charge is 0.492 e. The number of nitrogens with one attached hydrogen (secondary N) is 1. The maximum absolute atomic E-state index is 12.1. The summed E-state index contributed by atoms with van der Waals surface area (Å²) in [7, 11) is 0. The van der Waals surface area contributed by atoms with Crippen LogP contribution in [0.4, 0.5) is 5.69 Å². The van der Waals surface area contributed by atoms with E-state index in [1.165, 1.54) is 0 Å². The zero-order valence-electron chi connectivity index (χ0n) is 13.3. The summed E-state index contributed by atoms with van der Waals surface area (Å²) < 4.78 is 5.33. The van der Waals surface area contributed by atoms with Crippen molar-refractivity contribution in [2.75, 3.05) is 18.9 Å². The average molecular weight is 294 g/mol. The van der Waals surface area contributed by atoms with Crippen LogP contribution >= 0.6 is 0 Å². The Labute approximate surface area is 126 Å². The van der Waals surface area contributed by atoms with Crippen LogP contribution in [0.3, 0.4) is 0 Å². The van der Waals surface area contributed by atoms with Crippen molar-refractivity contribution >= 4 is 11.6 Å². The molecular weight excluding hydrogens is 268 g/mol. The van der Waals surface area contributed by atoms with Gasteiger partial charge in [-0.2, -0.15) is 0 Å². The first-order valence-electron chi connectivity index (χ1n) is 7.28. The van der Waals surface area contributed by atoms with Crippen LogP contribution in [0.15, 0.2) is 18.2 Å². The highest BCUT2D eigenvalue weighted by Gasteiger charge is 2.22. The lowest BCUT2D eigenvalue weighted by Crippen LogP contribution is -2.41. The number of nitrogen functional groups attached to an aromatic ring is 1. The Morgan fingerprint density at radius 3 is 2.67 bits per heavy atom. The van der Waals surface area contributed by atoms with Gasteiger partial charge in [0.25, 0.3) is 5.91 Å². The predicted molar refractivity (Wildman–Crippen MR) is 84.4 cm³/mol. The third-order valence-corrected chi connectivity index (χ3v) is 3.05. The van der Waals surface area contributed by atoms with Crippen molar-refractivity contribution in [2.45, 2.75) is 39.7 Å². The summed E-state index contributed by atoms with van der Waals surface area (Å²) in [5.74, 6) is 0.674. The van der Waals surface area contributed by atoms with Crippen molar-refractivity contribution < 1.29 is 14.6 Å². The molecule has 0 spiro atoms. The van der Waals surface area contributed by atoms with E-state index in [-0.39, 0.29) is 12.5 Å². The van der Waals surface area contributed by atoms with Gasteiger partial charge in [0.15, 0.2) is 0 Å². The number of nitrogens with two attached hydrogens (primary N) is 1. The molecule has 1 aromatic carbocycles. The molecule has 21 heavy (non-hydrogen) atoms. The molecule has 1 amide bonds. The number of aliphatic hydroxyl groups is 1. The van der Waals surface area contributed by atoms with E-state index in [1.54, 1.807) is 25.1 Å². The van der Waals surface area contributed by atoms with Crippen molar-refractivity contribution in [2.24, 2.45) is 5.92 Å². The minimum absolute atomic E-state index is 0.205. The lowest BCUT2D eigenvalue weighted by Gasteiger charge is -2.25. The first-order chi connectivity index (χ1) is 9.75. The van der Waals surface area contributed by atoms with Crippen LogP contribution in [0.25, 0.3) is 0 Å². The van der Waals surface area contributed by atoms with Crippen LogP contribution in [-0.2, 0) is 0 Å². The van der Waals surface area contributed by atoms with Crippen LogP contribution in [0.1, 0.15) is 44.5 Å². The summed E-state index contributed by atoms with van der Waals surface area (Å²) in [4.78, 5) is 12.1. The molecule has 5 heteroatoms. The first-order valence-corrected chi connectivity index (χ1v) is 7.28. The molecule has 118 valence electrons. The number of hydrogen-bond donors (Lipinski definition) is 3. The van der Waals surface area contributed by atoms with E-state index in [1.807, 2.05) is 20.8 Å². The summed E-state index contributed by atoms with van der Waals surface area (Å²) in [6.45, 7) is 8.38. The normalized spacial score (nSPS) is 13.8. The van der Waals surface area contributed by atoms with Gasteiger partial charge in [0.1, 0.15) is 5.75 Å². The minimum Gasteiger partial charge on any atom is -0.492 e. The Morgan fingerprint density at radius 2 is 2.14 bits per heavy atom. The van der Waals surface area contributed by atoms with Gasteiger partial charge >= 0.3 is 0 Å². The minimum atomic E-state index is -0.916. The predicted octanol–water partition coefficient (Wildman–Crippen LogP) is 2.19. The molecule has 1 unspecified atom stereocenters. The van der Waals surface area contributed by atoms with Gasteiger partial charge in [-0.3, -0.25) is 4.79 Å². The topological polar surface area (TPSA) is 84.6 Å². The first kappa shape index (κ1) is 17.3. The standard InChI is InChI=1S/C16H26N2O3/c1-5-21-14-7-6-12(8-13(14)17)15(19)18-10-16(4,20)9-11(2)3/h6-8,11,20H,5,9-10,17H2,1-4H3,(H,18,19). The number of benzene rings is 1. The van der Waals surface area contributed by atoms with E-state index < -0.39 is 5.60 Å². The monoisotopic (exact) mass is 294 g/mol. The summed E-state index contributed by atoms with van der Waals surface area (Å²) in [6.07, 6.45) is 0.624. The van der Waals surface area contributed by atoms with Crippen LogP contribution in [-0.4, -0.2) is 29.8 Å². The lowest BCUT2D eigenvalue weighted by atomic mass is 9.94. The molecule has 0 bridgehead atoms. The fourth-order valence-electron chi connectivity index (χ4n) is 2.30. The van der Waals surface area contributed by atoms with E-state index in [9.17, 15) is 9.90 Å². The quantitative estimate of drug-likeness (QED) is 0.673. The van der Waals surface area contributed by atoms with Crippen LogP contribution in [0.5, 0.6) is 5.75 Å². The Balaban J connectivity index is 2.66. The highest BCUT2D eigenvalue weighted by atomic mass is 16.5. The molecular formula is C16H26N2O3. The van der Waals surface area contributed by atoms with Crippen LogP contribution in [0, 0.1) is 5.92 Å². The summed E-state index contributed by atoms with van der Waals surface area (Å²) in [5.41, 5.74) is 5.81. The Kier molecular flexibility index (Phi) is 6.03. The van der Waals surface area contributed by atoms with Crippen molar-refractivity contribution in [1.29, 1.82) is 0 Å². The molecule has 0 fully saturated rings. The number of hydrogen-bond acceptors (Lipinski definition) is 4. The van der Waals surface area contributed by atoms with Gasteiger partial charge in [0, 0.05) is 12.1 Å². The van der Waals surface area contributed by atoms with Crippen molar-refractivity contribution in [3.8, 4) is 5.75 Å². The van der Waals surface area contributed by atoms with Crippen LogP contribution in [0.2, 0.25) is 0 Å². The maximum atomic E-state index is 12.1. The molecule has 0 saturated heterocycles. The van der Waals surface area contributed by atoms with Gasteiger partial charge < -0.3 is 20.9 Å². The highest BCUT2D eigenvalue weighted by Crippen LogP contribution is 2.22. The second kappa shape index (κ2) is 7.31. The summed E-state index contributed by atoms with van der Waals surface area (Å²) in [5, 5.41) is 12.9. The molecule has 0 aliphatic carbocycles. The van der Waals surface area contributed by atoms with E-state index in [4.69, 9.17) is 10.5 Å². The number of anilines is 1. The molecule has 0 aliphatic heterocycles. The molecule has 0 saturated carbocycles. The van der Waals surface area contributed by atoms with Crippen LogP contribution < -0.4 is 15.8 Å². The smallest absolute Gasteiger partial charge is 0.251 e. The van der Waals surface area contributed by atoms with Gasteiger partial charge in [0.2, 0.25) is 0 Å². The number of carbonyl (C=O) groups is 1. The highest BCUT2D eigenvalue weighted by molar-refractivity contribution is 5.95. The van der Waals surface area contributed by atoms with Gasteiger partial charge in [-0.15, -0.1) is 0 Å². The van der Waals surface area contributed by atoms with E-state index in [0.717, 1.165) is 0 Å².